The van der Waals surface area contributed by atoms with Gasteiger partial charge in [0.05, 0.1) is 6.04 Å². The summed E-state index contributed by atoms with van der Waals surface area (Å²) >= 11 is 17.7. The van der Waals surface area contributed by atoms with Crippen LogP contribution < -0.4 is 15.4 Å². The van der Waals surface area contributed by atoms with Crippen molar-refractivity contribution in [2.24, 2.45) is 0 Å². The molecule has 4 rings (SSSR count). The number of benzene rings is 2. The lowest BCUT2D eigenvalue weighted by Gasteiger charge is -2.33. The molecule has 0 fully saturated rings. The Balaban J connectivity index is 1.53. The molecule has 0 saturated carbocycles. The summed E-state index contributed by atoms with van der Waals surface area (Å²) in [7, 11) is 0. The van der Waals surface area contributed by atoms with E-state index < -0.39 is 0 Å². The van der Waals surface area contributed by atoms with E-state index >= 15 is 0 Å². The second-order valence-electron chi connectivity index (χ2n) is 6.76. The molecule has 0 amide bonds. The standard InChI is InChI=1S/C21H18Cl2N2O2S/c22-15-3-1-4-16(23)14(15)11-27-13-9-7-12(8-10-13)20-19-17(24-21(28)25-20)5-2-6-18(19)26/h1,3-4,7-10,20H,2,5-6,11H2,(H2,24,25,28). The van der Waals surface area contributed by atoms with Gasteiger partial charge >= 0.3 is 0 Å². The number of hydrogen-bond donors (Lipinski definition) is 2. The zero-order chi connectivity index (χ0) is 19.7. The number of allylic oxidation sites excluding steroid dienone is 1. The molecule has 2 N–H and O–H groups in total. The van der Waals surface area contributed by atoms with Gasteiger partial charge in [-0.05, 0) is 54.9 Å². The summed E-state index contributed by atoms with van der Waals surface area (Å²) in [5, 5.41) is 8.06. The van der Waals surface area contributed by atoms with Crippen LogP contribution in [0.4, 0.5) is 0 Å². The van der Waals surface area contributed by atoms with Crippen LogP contribution in [0.25, 0.3) is 0 Å². The lowest BCUT2D eigenvalue weighted by atomic mass is 9.85. The van der Waals surface area contributed by atoms with Crippen molar-refractivity contribution in [3.8, 4) is 5.75 Å². The van der Waals surface area contributed by atoms with E-state index in [4.69, 9.17) is 40.2 Å². The van der Waals surface area contributed by atoms with E-state index in [2.05, 4.69) is 10.6 Å². The molecule has 2 aromatic carbocycles. The van der Waals surface area contributed by atoms with E-state index in [0.29, 0.717) is 27.3 Å². The van der Waals surface area contributed by atoms with Gasteiger partial charge in [-0.1, -0.05) is 41.4 Å². The largest absolute Gasteiger partial charge is 0.489 e. The predicted molar refractivity (Wildman–Crippen MR) is 115 cm³/mol. The third-order valence-electron chi connectivity index (χ3n) is 4.94. The van der Waals surface area contributed by atoms with E-state index in [1.54, 1.807) is 18.2 Å². The molecule has 0 aromatic heterocycles. The summed E-state index contributed by atoms with van der Waals surface area (Å²) in [6.45, 7) is 0.279. The second kappa shape index (κ2) is 8.11. The topological polar surface area (TPSA) is 50.4 Å². The number of carbonyl (C=O) groups is 1. The molecule has 28 heavy (non-hydrogen) atoms. The number of carbonyl (C=O) groups excluding carboxylic acids is 1. The molecular formula is C21H18Cl2N2O2S. The minimum atomic E-state index is -0.233. The maximum Gasteiger partial charge on any atom is 0.171 e. The van der Waals surface area contributed by atoms with Crippen LogP contribution in [0.2, 0.25) is 10.0 Å². The summed E-state index contributed by atoms with van der Waals surface area (Å²) in [4.78, 5) is 12.5. The fourth-order valence-corrected chi connectivity index (χ4v) is 4.28. The SMILES string of the molecule is O=C1CCCC2=C1C(c1ccc(OCc3c(Cl)cccc3Cl)cc1)NC(=S)N2. The second-order valence-corrected chi connectivity index (χ2v) is 7.98. The summed E-state index contributed by atoms with van der Waals surface area (Å²) < 4.78 is 5.84. The number of rotatable bonds is 4. The highest BCUT2D eigenvalue weighted by Gasteiger charge is 2.33. The number of hydrogen-bond acceptors (Lipinski definition) is 3. The monoisotopic (exact) mass is 432 g/mol. The third-order valence-corrected chi connectivity index (χ3v) is 5.87. The Bertz CT molecular complexity index is 953. The lowest BCUT2D eigenvalue weighted by Crippen LogP contribution is -2.46. The average molecular weight is 433 g/mol. The van der Waals surface area contributed by atoms with E-state index in [1.165, 1.54) is 0 Å². The molecule has 2 aromatic rings. The minimum absolute atomic E-state index is 0.169. The highest BCUT2D eigenvalue weighted by atomic mass is 35.5. The Kier molecular flexibility index (Phi) is 5.58. The summed E-state index contributed by atoms with van der Waals surface area (Å²) in [5.41, 5.74) is 3.45. The van der Waals surface area contributed by atoms with Gasteiger partial charge in [0.25, 0.3) is 0 Å². The molecule has 1 aliphatic carbocycles. The first kappa shape index (κ1) is 19.2. The molecule has 1 heterocycles. The molecule has 1 aliphatic heterocycles. The Morgan fingerprint density at radius 2 is 1.79 bits per heavy atom. The number of thiocarbonyl (C=S) groups is 1. The van der Waals surface area contributed by atoms with Crippen molar-refractivity contribution in [2.45, 2.75) is 31.9 Å². The molecule has 1 atom stereocenters. The quantitative estimate of drug-likeness (QED) is 0.658. The summed E-state index contributed by atoms with van der Waals surface area (Å²) in [5.74, 6) is 0.864. The first-order valence-corrected chi connectivity index (χ1v) is 10.2. The lowest BCUT2D eigenvalue weighted by molar-refractivity contribution is -0.116. The number of ketones is 1. The molecule has 144 valence electrons. The van der Waals surface area contributed by atoms with Crippen LogP contribution >= 0.6 is 35.4 Å². The maximum atomic E-state index is 12.5. The van der Waals surface area contributed by atoms with Crippen LogP contribution in [-0.4, -0.2) is 10.9 Å². The van der Waals surface area contributed by atoms with Gasteiger partial charge in [-0.2, -0.15) is 0 Å². The molecule has 0 bridgehead atoms. The predicted octanol–water partition coefficient (Wildman–Crippen LogP) is 5.10. The van der Waals surface area contributed by atoms with Gasteiger partial charge in [0.1, 0.15) is 12.4 Å². The smallest absolute Gasteiger partial charge is 0.171 e. The van der Waals surface area contributed by atoms with Crippen molar-refractivity contribution in [2.75, 3.05) is 0 Å². The fraction of sp³-hybridized carbons (Fsp3) is 0.238. The third kappa shape index (κ3) is 3.88. The molecule has 4 nitrogen and oxygen atoms in total. The van der Waals surface area contributed by atoms with Crippen molar-refractivity contribution in [3.63, 3.8) is 0 Å². The maximum absolute atomic E-state index is 12.5. The number of Topliss-reactive ketones (excluding diaryl/α,β-unsaturated/α-hetero) is 1. The Labute approximate surface area is 178 Å². The van der Waals surface area contributed by atoms with Gasteiger partial charge in [0, 0.05) is 33.3 Å². The highest BCUT2D eigenvalue weighted by molar-refractivity contribution is 7.80. The van der Waals surface area contributed by atoms with Crippen molar-refractivity contribution >= 4 is 46.3 Å². The van der Waals surface area contributed by atoms with Crippen molar-refractivity contribution in [3.05, 3.63) is 74.9 Å². The number of halogens is 2. The van der Waals surface area contributed by atoms with Gasteiger partial charge < -0.3 is 15.4 Å². The van der Waals surface area contributed by atoms with E-state index in [9.17, 15) is 4.79 Å². The van der Waals surface area contributed by atoms with Crippen LogP contribution in [0.1, 0.15) is 36.4 Å². The highest BCUT2D eigenvalue weighted by Crippen LogP contribution is 2.34. The summed E-state index contributed by atoms with van der Waals surface area (Å²) in [6, 6.07) is 12.8. The average Bonchev–Trinajstić information content (AvgIpc) is 2.67. The molecule has 0 saturated heterocycles. The number of nitrogens with one attached hydrogen (secondary N) is 2. The van der Waals surface area contributed by atoms with Crippen LogP contribution in [0.15, 0.2) is 53.7 Å². The van der Waals surface area contributed by atoms with Crippen molar-refractivity contribution in [1.82, 2.24) is 10.6 Å². The first-order valence-electron chi connectivity index (χ1n) is 9.02. The zero-order valence-corrected chi connectivity index (χ0v) is 17.3. The van der Waals surface area contributed by atoms with Gasteiger partial charge in [0.2, 0.25) is 0 Å². The number of ether oxygens (including phenoxy) is 1. The molecule has 2 aliphatic rings. The van der Waals surface area contributed by atoms with Gasteiger partial charge in [-0.15, -0.1) is 0 Å². The Hall–Kier alpha value is -2.08. The fourth-order valence-electron chi connectivity index (χ4n) is 3.54. The molecular weight excluding hydrogens is 415 g/mol. The van der Waals surface area contributed by atoms with E-state index in [0.717, 1.165) is 35.2 Å². The normalized spacial score (nSPS) is 19.0. The van der Waals surface area contributed by atoms with Crippen LogP contribution in [0.5, 0.6) is 5.75 Å². The Morgan fingerprint density at radius 3 is 2.50 bits per heavy atom. The first-order chi connectivity index (χ1) is 13.5. The van der Waals surface area contributed by atoms with Crippen LogP contribution in [-0.2, 0) is 11.4 Å². The Morgan fingerprint density at radius 1 is 1.07 bits per heavy atom. The van der Waals surface area contributed by atoms with Crippen molar-refractivity contribution in [1.29, 1.82) is 0 Å². The summed E-state index contributed by atoms with van der Waals surface area (Å²) in [6.07, 6.45) is 2.28. The van der Waals surface area contributed by atoms with Crippen molar-refractivity contribution < 1.29 is 9.53 Å². The van der Waals surface area contributed by atoms with Gasteiger partial charge in [-0.25, -0.2) is 0 Å². The zero-order valence-electron chi connectivity index (χ0n) is 14.9. The van der Waals surface area contributed by atoms with Gasteiger partial charge in [-0.3, -0.25) is 4.79 Å². The molecule has 7 heteroatoms. The van der Waals surface area contributed by atoms with Crippen LogP contribution in [0, 0.1) is 0 Å². The minimum Gasteiger partial charge on any atom is -0.489 e. The van der Waals surface area contributed by atoms with Crippen LogP contribution in [0.3, 0.4) is 0 Å². The molecule has 0 radical (unpaired) electrons. The van der Waals surface area contributed by atoms with E-state index in [1.807, 2.05) is 24.3 Å². The molecule has 0 spiro atoms. The molecule has 1 unspecified atom stereocenters. The van der Waals surface area contributed by atoms with Gasteiger partial charge in [0.15, 0.2) is 10.9 Å². The van der Waals surface area contributed by atoms with E-state index in [-0.39, 0.29) is 18.4 Å².